The van der Waals surface area contributed by atoms with E-state index in [1.165, 1.54) is 22.2 Å². The second kappa shape index (κ2) is 9.96. The molecule has 1 N–H and O–H groups in total. The second-order valence-corrected chi connectivity index (χ2v) is 11.3. The molecule has 184 valence electrons. The average molecular weight is 530 g/mol. The fraction of sp³-hybridized carbons (Fsp3) is 0.417. The molecule has 3 aromatic heterocycles. The number of aromatic nitrogens is 4. The van der Waals surface area contributed by atoms with Crippen LogP contribution in [0.3, 0.4) is 0 Å². The first-order valence-electron chi connectivity index (χ1n) is 11.5. The number of anilines is 1. The molecule has 1 aromatic carbocycles. The molecule has 0 saturated carbocycles. The molecule has 0 fully saturated rings. The summed E-state index contributed by atoms with van der Waals surface area (Å²) in [6, 6.07) is 7.35. The minimum atomic E-state index is -0.188. The number of nitrogens with one attached hydrogen (secondary N) is 1. The summed E-state index contributed by atoms with van der Waals surface area (Å²) in [5.74, 6) is 0.877. The lowest BCUT2D eigenvalue weighted by Crippen LogP contribution is -2.33. The number of benzene rings is 1. The number of fused-ring (bicyclic) bond motifs is 5. The molecule has 5 rings (SSSR count). The maximum atomic E-state index is 12.6. The Bertz CT molecular complexity index is 1390. The summed E-state index contributed by atoms with van der Waals surface area (Å²) in [5.41, 5.74) is 2.60. The van der Waals surface area contributed by atoms with Gasteiger partial charge < -0.3 is 14.8 Å². The molecule has 0 bridgehead atoms. The lowest BCUT2D eigenvalue weighted by atomic mass is 9.90. The molecule has 11 heteroatoms. The predicted molar refractivity (Wildman–Crippen MR) is 142 cm³/mol. The van der Waals surface area contributed by atoms with Crippen molar-refractivity contribution in [2.45, 2.75) is 56.1 Å². The van der Waals surface area contributed by atoms with Gasteiger partial charge in [-0.2, -0.15) is 0 Å². The van der Waals surface area contributed by atoms with Crippen molar-refractivity contribution in [3.05, 3.63) is 34.7 Å². The molecule has 0 aliphatic carbocycles. The maximum Gasteiger partial charge on any atom is 0.234 e. The summed E-state index contributed by atoms with van der Waals surface area (Å²) < 4.78 is 13.6. The van der Waals surface area contributed by atoms with E-state index >= 15 is 0 Å². The first kappa shape index (κ1) is 24.4. The largest absolute Gasteiger partial charge is 0.494 e. The van der Waals surface area contributed by atoms with Crippen molar-refractivity contribution < 1.29 is 14.3 Å². The minimum absolute atomic E-state index is 0.112. The van der Waals surface area contributed by atoms with Crippen LogP contribution in [0.2, 0.25) is 0 Å². The van der Waals surface area contributed by atoms with Gasteiger partial charge in [-0.25, -0.2) is 9.38 Å². The molecule has 0 unspecified atom stereocenters. The molecule has 0 saturated heterocycles. The van der Waals surface area contributed by atoms with Crippen LogP contribution >= 0.6 is 34.9 Å². The van der Waals surface area contributed by atoms with Crippen LogP contribution in [0.1, 0.15) is 37.6 Å². The summed E-state index contributed by atoms with van der Waals surface area (Å²) in [6.45, 7) is 7.46. The number of carbonyl (C=O) groups is 1. The second-order valence-electron chi connectivity index (χ2n) is 8.49. The number of hydrogen-bond donors (Lipinski definition) is 1. The molecule has 8 nitrogen and oxygen atoms in total. The van der Waals surface area contributed by atoms with Gasteiger partial charge in [0.2, 0.25) is 5.91 Å². The fourth-order valence-corrected chi connectivity index (χ4v) is 6.59. The zero-order chi connectivity index (χ0) is 24.6. The van der Waals surface area contributed by atoms with Gasteiger partial charge in [0, 0.05) is 17.0 Å². The molecule has 4 heterocycles. The average Bonchev–Trinajstić information content (AvgIpc) is 3.44. The molecule has 1 aliphatic rings. The zero-order valence-corrected chi connectivity index (χ0v) is 22.5. The Balaban J connectivity index is 1.40. The highest BCUT2D eigenvalue weighted by atomic mass is 32.2. The Morgan fingerprint density at radius 2 is 2.06 bits per heavy atom. The highest BCUT2D eigenvalue weighted by Gasteiger charge is 2.33. The number of amides is 1. The van der Waals surface area contributed by atoms with E-state index < -0.39 is 0 Å². The van der Waals surface area contributed by atoms with Gasteiger partial charge in [-0.05, 0) is 56.4 Å². The number of carbonyl (C=O) groups excluding carboxylic acids is 1. The van der Waals surface area contributed by atoms with Gasteiger partial charge in [-0.3, -0.25) is 4.79 Å². The standard InChI is InChI=1S/C24H27N5O3S3/c1-5-24(3)11-16-17(12-32-24)35-21-19(16)20-27-28-23(29(20)22(26-21)33-4)34-13-18(30)25-14-7-9-15(10-8-14)31-6-2/h7-10H,5-6,11-13H2,1-4H3,(H,25,30)/t24-/m1/s1. The van der Waals surface area contributed by atoms with Gasteiger partial charge in [0.15, 0.2) is 16.0 Å². The third kappa shape index (κ3) is 4.74. The molecule has 4 aromatic rings. The Labute approximate surface area is 216 Å². The summed E-state index contributed by atoms with van der Waals surface area (Å²) in [6.07, 6.45) is 3.76. The lowest BCUT2D eigenvalue weighted by Gasteiger charge is -2.32. The van der Waals surface area contributed by atoms with Crippen molar-refractivity contribution in [2.24, 2.45) is 0 Å². The highest BCUT2D eigenvalue weighted by Crippen LogP contribution is 2.42. The number of hydrogen-bond acceptors (Lipinski definition) is 9. The van der Waals surface area contributed by atoms with Crippen molar-refractivity contribution in [3.63, 3.8) is 0 Å². The Kier molecular flexibility index (Phi) is 6.93. The molecule has 1 amide bonds. The van der Waals surface area contributed by atoms with Gasteiger partial charge >= 0.3 is 0 Å². The third-order valence-electron chi connectivity index (χ3n) is 6.13. The van der Waals surface area contributed by atoms with Crippen molar-refractivity contribution in [1.82, 2.24) is 19.6 Å². The predicted octanol–water partition coefficient (Wildman–Crippen LogP) is 5.43. The van der Waals surface area contributed by atoms with E-state index in [2.05, 4.69) is 29.4 Å². The van der Waals surface area contributed by atoms with Crippen LogP contribution < -0.4 is 10.1 Å². The van der Waals surface area contributed by atoms with Crippen LogP contribution in [0, 0.1) is 0 Å². The van der Waals surface area contributed by atoms with Crippen LogP contribution in [0.15, 0.2) is 34.6 Å². The Morgan fingerprint density at radius 1 is 1.26 bits per heavy atom. The highest BCUT2D eigenvalue weighted by molar-refractivity contribution is 8.00. The van der Waals surface area contributed by atoms with Gasteiger partial charge in [-0.1, -0.05) is 30.4 Å². The van der Waals surface area contributed by atoms with E-state index in [4.69, 9.17) is 14.5 Å². The number of nitrogens with zero attached hydrogens (tertiary/aromatic N) is 4. The van der Waals surface area contributed by atoms with Crippen LogP contribution in [0.4, 0.5) is 5.69 Å². The molecule has 1 atom stereocenters. The van der Waals surface area contributed by atoms with Gasteiger partial charge in [0.1, 0.15) is 10.6 Å². The Hall–Kier alpha value is -2.34. The first-order chi connectivity index (χ1) is 16.9. The van der Waals surface area contributed by atoms with Crippen LogP contribution in [0.5, 0.6) is 5.75 Å². The van der Waals surface area contributed by atoms with E-state index in [-0.39, 0.29) is 17.3 Å². The van der Waals surface area contributed by atoms with Crippen molar-refractivity contribution in [1.29, 1.82) is 0 Å². The fourth-order valence-electron chi connectivity index (χ4n) is 4.10. The summed E-state index contributed by atoms with van der Waals surface area (Å²) in [4.78, 5) is 19.7. The number of thiophene rings is 1. The van der Waals surface area contributed by atoms with Gasteiger partial charge in [0.05, 0.1) is 30.0 Å². The first-order valence-corrected chi connectivity index (χ1v) is 14.5. The maximum absolute atomic E-state index is 12.6. The van der Waals surface area contributed by atoms with Crippen molar-refractivity contribution in [2.75, 3.05) is 23.9 Å². The van der Waals surface area contributed by atoms with E-state index in [1.807, 2.05) is 41.8 Å². The van der Waals surface area contributed by atoms with E-state index in [9.17, 15) is 4.79 Å². The van der Waals surface area contributed by atoms with Crippen LogP contribution in [0.25, 0.3) is 15.9 Å². The topological polar surface area (TPSA) is 90.6 Å². The van der Waals surface area contributed by atoms with Gasteiger partial charge in [0.25, 0.3) is 0 Å². The molecular weight excluding hydrogens is 502 g/mol. The molecule has 1 aliphatic heterocycles. The van der Waals surface area contributed by atoms with E-state index in [0.29, 0.717) is 18.4 Å². The summed E-state index contributed by atoms with van der Waals surface area (Å²) >= 11 is 4.58. The minimum Gasteiger partial charge on any atom is -0.494 e. The molecule has 35 heavy (non-hydrogen) atoms. The zero-order valence-electron chi connectivity index (χ0n) is 20.1. The SMILES string of the molecule is CCOc1ccc(NC(=O)CSc2nnc3c4c5c(sc4nc(SC)n23)CO[C@](C)(CC)C5)cc1. The van der Waals surface area contributed by atoms with Crippen LogP contribution in [-0.4, -0.2) is 49.7 Å². The normalized spacial score (nSPS) is 17.6. The smallest absolute Gasteiger partial charge is 0.234 e. The molecule has 0 spiro atoms. The quantitative estimate of drug-likeness (QED) is 0.239. The number of ether oxygens (including phenoxy) is 2. The number of thioether (sulfide) groups is 2. The lowest BCUT2D eigenvalue weighted by molar-refractivity contribution is -0.113. The van der Waals surface area contributed by atoms with Crippen molar-refractivity contribution in [3.8, 4) is 5.75 Å². The van der Waals surface area contributed by atoms with Crippen LogP contribution in [-0.2, 0) is 22.6 Å². The van der Waals surface area contributed by atoms with Crippen molar-refractivity contribution >= 4 is 62.3 Å². The number of rotatable bonds is 8. The third-order valence-corrected chi connectivity index (χ3v) is 8.80. The van der Waals surface area contributed by atoms with E-state index in [1.54, 1.807) is 23.1 Å². The molecular formula is C24H27N5O3S3. The molecule has 0 radical (unpaired) electrons. The van der Waals surface area contributed by atoms with E-state index in [0.717, 1.165) is 45.3 Å². The monoisotopic (exact) mass is 529 g/mol. The Morgan fingerprint density at radius 3 is 2.77 bits per heavy atom. The van der Waals surface area contributed by atoms with Gasteiger partial charge in [-0.15, -0.1) is 21.5 Å². The summed E-state index contributed by atoms with van der Waals surface area (Å²) in [5, 5.41) is 14.5. The summed E-state index contributed by atoms with van der Waals surface area (Å²) in [7, 11) is 0.